The lowest BCUT2D eigenvalue weighted by Crippen LogP contribution is -2.27. The van der Waals surface area contributed by atoms with Crippen molar-refractivity contribution >= 4 is 13.8 Å². The predicted molar refractivity (Wildman–Crippen MR) is 102 cm³/mol. The molecule has 0 heterocycles. The van der Waals surface area contributed by atoms with E-state index in [-0.39, 0.29) is 11.4 Å². The maximum atomic E-state index is 10.8. The van der Waals surface area contributed by atoms with Crippen LogP contribution < -0.4 is 0 Å². The highest BCUT2D eigenvalue weighted by molar-refractivity contribution is 6.37. The van der Waals surface area contributed by atoms with E-state index in [1.54, 1.807) is 0 Å². The average Bonchev–Trinajstić information content (AvgIpc) is 2.59. The topological polar surface area (TPSA) is 35.5 Å². The number of hydrogen-bond acceptors (Lipinski definition) is 3. The van der Waals surface area contributed by atoms with Crippen LogP contribution in [0.1, 0.15) is 37.5 Å². The first-order valence-electron chi connectivity index (χ1n) is 8.62. The molecule has 1 unspecified atom stereocenters. The Labute approximate surface area is 151 Å². The van der Waals surface area contributed by atoms with Gasteiger partial charge in [0.2, 0.25) is 7.28 Å². The molecule has 1 radical (unpaired) electrons. The molecule has 2 aromatic carbocycles. The lowest BCUT2D eigenvalue weighted by atomic mass is 9.70. The second kappa shape index (κ2) is 9.43. The van der Waals surface area contributed by atoms with Crippen LogP contribution in [0.15, 0.2) is 54.6 Å². The van der Waals surface area contributed by atoms with Gasteiger partial charge in [-0.1, -0.05) is 75.4 Å². The van der Waals surface area contributed by atoms with Crippen LogP contribution in [0, 0.1) is 0 Å². The van der Waals surface area contributed by atoms with E-state index in [9.17, 15) is 4.79 Å². The van der Waals surface area contributed by atoms with E-state index in [0.29, 0.717) is 26.0 Å². The second-order valence-corrected chi connectivity index (χ2v) is 7.16. The van der Waals surface area contributed by atoms with E-state index in [1.807, 2.05) is 37.6 Å². The van der Waals surface area contributed by atoms with Crippen molar-refractivity contribution in [3.05, 3.63) is 71.3 Å². The first kappa shape index (κ1) is 19.3. The van der Waals surface area contributed by atoms with Crippen molar-refractivity contribution in [1.82, 2.24) is 0 Å². The summed E-state index contributed by atoms with van der Waals surface area (Å²) in [7, 11) is 1.90. The zero-order valence-corrected chi connectivity index (χ0v) is 15.3. The number of carbonyl (C=O) groups excluding carboxylic acids is 1. The number of hydrogen-bond donors (Lipinski definition) is 0. The van der Waals surface area contributed by atoms with Crippen molar-refractivity contribution in [2.24, 2.45) is 0 Å². The van der Waals surface area contributed by atoms with Crippen molar-refractivity contribution in [2.75, 3.05) is 6.51 Å². The molecule has 25 heavy (non-hydrogen) atoms. The number of rotatable bonds is 9. The highest BCUT2D eigenvalue weighted by Crippen LogP contribution is 2.22. The Morgan fingerprint density at radius 1 is 1.00 bits per heavy atom. The molecular weight excluding hydrogens is 311 g/mol. The Morgan fingerprint density at radius 3 is 2.28 bits per heavy atom. The van der Waals surface area contributed by atoms with Crippen molar-refractivity contribution in [3.8, 4) is 0 Å². The van der Waals surface area contributed by atoms with Gasteiger partial charge in [0.25, 0.3) is 6.47 Å². The molecule has 1 atom stereocenters. The highest BCUT2D eigenvalue weighted by Gasteiger charge is 2.15. The standard InChI is InChI=1S/C21H26BO3/c1-21(2,3)19-11-9-17(10-12-19)13-20(25-16-23)22-15-24-14-18-7-5-4-6-8-18/h4-12,16,20H,13-15H2,1-3H3. The summed E-state index contributed by atoms with van der Waals surface area (Å²) in [6.45, 7) is 8.06. The van der Waals surface area contributed by atoms with Crippen LogP contribution in [0.25, 0.3) is 0 Å². The van der Waals surface area contributed by atoms with Crippen LogP contribution in [0.4, 0.5) is 0 Å². The summed E-state index contributed by atoms with van der Waals surface area (Å²) in [6, 6.07) is 18.2. The molecular formula is C21H26BO3. The van der Waals surface area contributed by atoms with Crippen molar-refractivity contribution in [2.45, 2.75) is 45.2 Å². The molecule has 0 aromatic heterocycles. The third kappa shape index (κ3) is 6.75. The Kier molecular flexibility index (Phi) is 7.26. The molecule has 0 aliphatic carbocycles. The molecule has 0 saturated carbocycles. The van der Waals surface area contributed by atoms with E-state index < -0.39 is 0 Å². The van der Waals surface area contributed by atoms with E-state index in [0.717, 1.165) is 11.1 Å². The summed E-state index contributed by atoms with van der Waals surface area (Å²) < 4.78 is 10.8. The van der Waals surface area contributed by atoms with E-state index in [4.69, 9.17) is 9.47 Å². The predicted octanol–water partition coefficient (Wildman–Crippen LogP) is 3.90. The minimum absolute atomic E-state index is 0.134. The third-order valence-corrected chi connectivity index (χ3v) is 4.08. The number of carbonyl (C=O) groups is 1. The maximum absolute atomic E-state index is 10.8. The van der Waals surface area contributed by atoms with Gasteiger partial charge < -0.3 is 9.47 Å². The van der Waals surface area contributed by atoms with Crippen molar-refractivity contribution in [1.29, 1.82) is 0 Å². The minimum Gasteiger partial charge on any atom is -0.474 e. The molecule has 0 aliphatic heterocycles. The average molecular weight is 337 g/mol. The van der Waals surface area contributed by atoms with Crippen LogP contribution in [-0.2, 0) is 32.7 Å². The van der Waals surface area contributed by atoms with Crippen molar-refractivity contribution < 1.29 is 14.3 Å². The molecule has 0 bridgehead atoms. The second-order valence-electron chi connectivity index (χ2n) is 7.16. The Balaban J connectivity index is 1.82. The Hall–Kier alpha value is -2.07. The number of benzene rings is 2. The van der Waals surface area contributed by atoms with Crippen LogP contribution in [-0.4, -0.2) is 26.3 Å². The maximum Gasteiger partial charge on any atom is 0.292 e. The van der Waals surface area contributed by atoms with Crippen molar-refractivity contribution in [3.63, 3.8) is 0 Å². The third-order valence-electron chi connectivity index (χ3n) is 4.08. The SMILES string of the molecule is CC(C)(C)c1ccc(CC([B]COCc2ccccc2)OC=O)cc1. The first-order valence-corrected chi connectivity index (χ1v) is 8.62. The Morgan fingerprint density at radius 2 is 1.68 bits per heavy atom. The molecule has 2 rings (SSSR count). The molecule has 0 spiro atoms. The van der Waals surface area contributed by atoms with Crippen LogP contribution >= 0.6 is 0 Å². The molecule has 4 heteroatoms. The summed E-state index contributed by atoms with van der Waals surface area (Å²) in [6.07, 6.45) is 0.651. The first-order chi connectivity index (χ1) is 12.0. The van der Waals surface area contributed by atoms with Crippen LogP contribution in [0.3, 0.4) is 0 Å². The summed E-state index contributed by atoms with van der Waals surface area (Å²) in [4.78, 5) is 10.8. The molecule has 131 valence electrons. The lowest BCUT2D eigenvalue weighted by molar-refractivity contribution is -0.130. The van der Waals surface area contributed by atoms with Gasteiger partial charge in [0.05, 0.1) is 12.6 Å². The normalized spacial score (nSPS) is 12.4. The van der Waals surface area contributed by atoms with E-state index in [1.165, 1.54) is 5.56 Å². The molecule has 0 saturated heterocycles. The molecule has 3 nitrogen and oxygen atoms in total. The highest BCUT2D eigenvalue weighted by atomic mass is 16.5. The molecule has 0 N–H and O–H groups in total. The fourth-order valence-corrected chi connectivity index (χ4v) is 2.56. The van der Waals surface area contributed by atoms with Crippen LogP contribution in [0.2, 0.25) is 0 Å². The number of ether oxygens (including phenoxy) is 2. The van der Waals surface area contributed by atoms with Gasteiger partial charge in [0, 0.05) is 12.9 Å². The Bertz CT molecular complexity index is 632. The van der Waals surface area contributed by atoms with Gasteiger partial charge >= 0.3 is 0 Å². The van der Waals surface area contributed by atoms with Gasteiger partial charge in [-0.3, -0.25) is 4.79 Å². The molecule has 0 fully saturated rings. The summed E-state index contributed by atoms with van der Waals surface area (Å²) >= 11 is 0. The fraction of sp³-hybridized carbons (Fsp3) is 0.381. The molecule has 0 amide bonds. The van der Waals surface area contributed by atoms with Gasteiger partial charge in [-0.2, -0.15) is 0 Å². The van der Waals surface area contributed by atoms with Gasteiger partial charge in [-0.15, -0.1) is 0 Å². The summed E-state index contributed by atoms with van der Waals surface area (Å²) in [5, 5.41) is 0. The quantitative estimate of drug-likeness (QED) is 0.395. The molecule has 0 aliphatic rings. The van der Waals surface area contributed by atoms with Gasteiger partial charge in [0.1, 0.15) is 0 Å². The summed E-state index contributed by atoms with van der Waals surface area (Å²) in [5.74, 6) is 0. The smallest absolute Gasteiger partial charge is 0.292 e. The monoisotopic (exact) mass is 337 g/mol. The zero-order chi connectivity index (χ0) is 18.1. The lowest BCUT2D eigenvalue weighted by Gasteiger charge is -2.20. The molecule has 2 aromatic rings. The minimum atomic E-state index is -0.284. The van der Waals surface area contributed by atoms with Gasteiger partial charge in [0.15, 0.2) is 0 Å². The van der Waals surface area contributed by atoms with Gasteiger partial charge in [-0.05, 0) is 22.1 Å². The summed E-state index contributed by atoms with van der Waals surface area (Å²) in [5.41, 5.74) is 3.69. The van der Waals surface area contributed by atoms with Crippen LogP contribution in [0.5, 0.6) is 0 Å². The zero-order valence-electron chi connectivity index (χ0n) is 15.3. The fourth-order valence-electron chi connectivity index (χ4n) is 2.56. The van der Waals surface area contributed by atoms with Gasteiger partial charge in [-0.25, -0.2) is 0 Å². The van der Waals surface area contributed by atoms with E-state index in [2.05, 4.69) is 45.0 Å². The largest absolute Gasteiger partial charge is 0.474 e. The van der Waals surface area contributed by atoms with E-state index >= 15 is 0 Å².